The molecule has 0 aromatic heterocycles. The van der Waals surface area contributed by atoms with Gasteiger partial charge in [-0.3, -0.25) is 9.69 Å². The monoisotopic (exact) mass is 223 g/mol. The Hall–Kier alpha value is -1.08. The summed E-state index contributed by atoms with van der Waals surface area (Å²) in [5.74, 6) is 0.487. The SMILES string of the molecule is CC(C)CN1CC(C)(C)NC(=O)C1CC#N. The molecule has 4 nitrogen and oxygen atoms in total. The van der Waals surface area contributed by atoms with Crippen molar-refractivity contribution >= 4 is 5.91 Å². The van der Waals surface area contributed by atoms with Crippen LogP contribution in [0.3, 0.4) is 0 Å². The Bertz CT molecular complexity index is 304. The highest BCUT2D eigenvalue weighted by molar-refractivity contribution is 5.83. The molecule has 1 N–H and O–H groups in total. The summed E-state index contributed by atoms with van der Waals surface area (Å²) in [6.07, 6.45) is 0.272. The van der Waals surface area contributed by atoms with Crippen LogP contribution in [0, 0.1) is 17.2 Å². The molecule has 90 valence electrons. The van der Waals surface area contributed by atoms with Gasteiger partial charge in [0, 0.05) is 18.6 Å². The van der Waals surface area contributed by atoms with Crippen molar-refractivity contribution < 1.29 is 4.79 Å². The van der Waals surface area contributed by atoms with Crippen LogP contribution in [0.15, 0.2) is 0 Å². The molecule has 1 unspecified atom stereocenters. The molecule has 0 aliphatic carbocycles. The summed E-state index contributed by atoms with van der Waals surface area (Å²) in [4.78, 5) is 14.0. The van der Waals surface area contributed by atoms with Crippen molar-refractivity contribution in [2.45, 2.75) is 45.7 Å². The summed E-state index contributed by atoms with van der Waals surface area (Å²) in [5.41, 5.74) is -0.196. The van der Waals surface area contributed by atoms with Gasteiger partial charge < -0.3 is 5.32 Å². The van der Waals surface area contributed by atoms with Crippen LogP contribution in [0.5, 0.6) is 0 Å². The van der Waals surface area contributed by atoms with Crippen molar-refractivity contribution in [3.8, 4) is 6.07 Å². The third-order valence-electron chi connectivity index (χ3n) is 2.69. The predicted octanol–water partition coefficient (Wildman–Crippen LogP) is 1.14. The van der Waals surface area contributed by atoms with E-state index in [0.29, 0.717) is 5.92 Å². The number of hydrogen-bond donors (Lipinski definition) is 1. The zero-order valence-electron chi connectivity index (χ0n) is 10.6. The third kappa shape index (κ3) is 3.21. The van der Waals surface area contributed by atoms with Gasteiger partial charge in [0.25, 0.3) is 0 Å². The van der Waals surface area contributed by atoms with E-state index < -0.39 is 0 Å². The summed E-state index contributed by atoms with van der Waals surface area (Å²) < 4.78 is 0. The minimum absolute atomic E-state index is 0.0153. The Morgan fingerprint density at radius 2 is 2.25 bits per heavy atom. The number of nitriles is 1. The number of carbonyl (C=O) groups excluding carboxylic acids is 1. The van der Waals surface area contributed by atoms with Crippen LogP contribution in [-0.2, 0) is 4.79 Å². The molecule has 1 heterocycles. The Morgan fingerprint density at radius 3 is 2.75 bits per heavy atom. The van der Waals surface area contributed by atoms with E-state index >= 15 is 0 Å². The van der Waals surface area contributed by atoms with Gasteiger partial charge in [0.1, 0.15) is 6.04 Å². The number of carbonyl (C=O) groups is 1. The maximum absolute atomic E-state index is 11.9. The van der Waals surface area contributed by atoms with Crippen LogP contribution >= 0.6 is 0 Å². The molecule has 0 aromatic rings. The first-order valence-corrected chi connectivity index (χ1v) is 5.79. The number of amides is 1. The van der Waals surface area contributed by atoms with E-state index in [1.165, 1.54) is 0 Å². The molecule has 1 atom stereocenters. The minimum Gasteiger partial charge on any atom is -0.349 e. The highest BCUT2D eigenvalue weighted by Crippen LogP contribution is 2.19. The van der Waals surface area contributed by atoms with Crippen LogP contribution in [0.25, 0.3) is 0 Å². The standard InChI is InChI=1S/C12H21N3O/c1-9(2)7-15-8-12(3,4)14-11(16)10(15)5-6-13/h9-10H,5,7-8H2,1-4H3,(H,14,16). The molecule has 1 saturated heterocycles. The van der Waals surface area contributed by atoms with E-state index in [9.17, 15) is 4.79 Å². The van der Waals surface area contributed by atoms with Crippen molar-refractivity contribution in [1.82, 2.24) is 10.2 Å². The van der Waals surface area contributed by atoms with Gasteiger partial charge >= 0.3 is 0 Å². The summed E-state index contributed by atoms with van der Waals surface area (Å²) in [5, 5.41) is 11.7. The number of hydrogen-bond acceptors (Lipinski definition) is 3. The van der Waals surface area contributed by atoms with E-state index in [4.69, 9.17) is 5.26 Å². The van der Waals surface area contributed by atoms with Gasteiger partial charge in [0.05, 0.1) is 12.5 Å². The first-order chi connectivity index (χ1) is 7.35. The van der Waals surface area contributed by atoms with Crippen LogP contribution < -0.4 is 5.32 Å². The van der Waals surface area contributed by atoms with E-state index in [2.05, 4.69) is 30.1 Å². The normalized spacial score (nSPS) is 25.2. The van der Waals surface area contributed by atoms with Gasteiger partial charge in [-0.1, -0.05) is 13.8 Å². The molecule has 16 heavy (non-hydrogen) atoms. The summed E-state index contributed by atoms with van der Waals surface area (Å²) in [6, 6.07) is 1.82. The van der Waals surface area contributed by atoms with Crippen molar-refractivity contribution in [3.05, 3.63) is 0 Å². The first-order valence-electron chi connectivity index (χ1n) is 5.79. The summed E-state index contributed by atoms with van der Waals surface area (Å²) >= 11 is 0. The predicted molar refractivity (Wildman–Crippen MR) is 62.7 cm³/mol. The molecule has 1 amide bonds. The largest absolute Gasteiger partial charge is 0.349 e. The number of rotatable bonds is 3. The van der Waals surface area contributed by atoms with Crippen molar-refractivity contribution in [1.29, 1.82) is 5.26 Å². The average molecular weight is 223 g/mol. The van der Waals surface area contributed by atoms with Crippen molar-refractivity contribution in [2.24, 2.45) is 5.92 Å². The molecule has 0 spiro atoms. The van der Waals surface area contributed by atoms with Crippen LogP contribution in [0.1, 0.15) is 34.1 Å². The lowest BCUT2D eigenvalue weighted by molar-refractivity contribution is -0.132. The second-order valence-corrected chi connectivity index (χ2v) is 5.57. The molecule has 0 aromatic carbocycles. The third-order valence-corrected chi connectivity index (χ3v) is 2.69. The van der Waals surface area contributed by atoms with Gasteiger partial charge in [-0.25, -0.2) is 0 Å². The Morgan fingerprint density at radius 1 is 1.62 bits per heavy atom. The smallest absolute Gasteiger partial charge is 0.238 e. The minimum atomic E-state index is -0.277. The van der Waals surface area contributed by atoms with E-state index in [1.54, 1.807) is 0 Å². The van der Waals surface area contributed by atoms with E-state index in [0.717, 1.165) is 13.1 Å². The average Bonchev–Trinajstić information content (AvgIpc) is 2.08. The highest BCUT2D eigenvalue weighted by atomic mass is 16.2. The second kappa shape index (κ2) is 4.84. The molecule has 1 aliphatic heterocycles. The fourth-order valence-corrected chi connectivity index (χ4v) is 2.21. The Labute approximate surface area is 97.6 Å². The maximum Gasteiger partial charge on any atom is 0.238 e. The first kappa shape index (κ1) is 13.0. The Balaban J connectivity index is 2.80. The molecule has 1 rings (SSSR count). The second-order valence-electron chi connectivity index (χ2n) is 5.57. The summed E-state index contributed by atoms with van der Waals surface area (Å²) in [6.45, 7) is 9.96. The van der Waals surface area contributed by atoms with Crippen LogP contribution in [-0.4, -0.2) is 35.5 Å². The fourth-order valence-electron chi connectivity index (χ4n) is 2.21. The zero-order valence-corrected chi connectivity index (χ0v) is 10.6. The van der Waals surface area contributed by atoms with Gasteiger partial charge in [-0.05, 0) is 19.8 Å². The lowest BCUT2D eigenvalue weighted by Crippen LogP contribution is -2.65. The molecule has 0 radical (unpaired) electrons. The van der Waals surface area contributed by atoms with Gasteiger partial charge in [0.2, 0.25) is 5.91 Å². The van der Waals surface area contributed by atoms with Gasteiger partial charge in [-0.15, -0.1) is 0 Å². The van der Waals surface area contributed by atoms with E-state index in [1.807, 2.05) is 13.8 Å². The zero-order chi connectivity index (χ0) is 12.3. The maximum atomic E-state index is 11.9. The molecular weight excluding hydrogens is 202 g/mol. The molecule has 0 bridgehead atoms. The Kier molecular flexibility index (Phi) is 3.93. The van der Waals surface area contributed by atoms with Crippen molar-refractivity contribution in [3.63, 3.8) is 0 Å². The van der Waals surface area contributed by atoms with Crippen LogP contribution in [0.2, 0.25) is 0 Å². The topological polar surface area (TPSA) is 56.1 Å². The lowest BCUT2D eigenvalue weighted by Gasteiger charge is -2.43. The summed E-state index contributed by atoms with van der Waals surface area (Å²) in [7, 11) is 0. The number of nitrogens with zero attached hydrogens (tertiary/aromatic N) is 2. The van der Waals surface area contributed by atoms with E-state index in [-0.39, 0.29) is 23.9 Å². The molecule has 0 saturated carbocycles. The van der Waals surface area contributed by atoms with Crippen LogP contribution in [0.4, 0.5) is 0 Å². The molecular formula is C12H21N3O. The van der Waals surface area contributed by atoms with Gasteiger partial charge in [0.15, 0.2) is 0 Å². The molecule has 1 aliphatic rings. The molecule has 1 fully saturated rings. The molecule has 4 heteroatoms. The van der Waals surface area contributed by atoms with Gasteiger partial charge in [-0.2, -0.15) is 5.26 Å². The van der Waals surface area contributed by atoms with Crippen molar-refractivity contribution in [2.75, 3.05) is 13.1 Å². The number of piperazine rings is 1. The number of nitrogens with one attached hydrogen (secondary N) is 1. The quantitative estimate of drug-likeness (QED) is 0.780. The fraction of sp³-hybridized carbons (Fsp3) is 0.833. The lowest BCUT2D eigenvalue weighted by atomic mass is 9.96. The highest BCUT2D eigenvalue weighted by Gasteiger charge is 2.38.